The summed E-state index contributed by atoms with van der Waals surface area (Å²) in [5, 5.41) is 3.39. The molecular weight excluding hydrogens is 252 g/mol. The summed E-state index contributed by atoms with van der Waals surface area (Å²) in [4.78, 5) is 6.51. The number of likely N-dealkylation sites (N-methyl/N-ethyl adjacent to an activating group) is 1. The summed E-state index contributed by atoms with van der Waals surface area (Å²) in [6.07, 6.45) is 2.88. The lowest BCUT2D eigenvalue weighted by molar-refractivity contribution is -0.0541. The predicted octanol–water partition coefficient (Wildman–Crippen LogP) is 0.903. The van der Waals surface area contributed by atoms with E-state index in [2.05, 4.69) is 29.0 Å². The highest BCUT2D eigenvalue weighted by molar-refractivity contribution is 5.32. The van der Waals surface area contributed by atoms with Gasteiger partial charge in [0, 0.05) is 31.4 Å². The standard InChI is InChI=1S/C15H26N4O/c1-11(2)19-6-7-20-14(10-19)13(17-3)8-12-4-5-18-15(16)9-12/h4-5,9,11,13-14,17H,6-8,10H2,1-3H3,(H2,16,18). The van der Waals surface area contributed by atoms with E-state index in [1.165, 1.54) is 5.56 Å². The van der Waals surface area contributed by atoms with Crippen LogP contribution in [0, 0.1) is 0 Å². The summed E-state index contributed by atoms with van der Waals surface area (Å²) in [5.74, 6) is 0.575. The van der Waals surface area contributed by atoms with Crippen LogP contribution in [0.2, 0.25) is 0 Å². The van der Waals surface area contributed by atoms with Crippen molar-refractivity contribution in [2.75, 3.05) is 32.5 Å². The van der Waals surface area contributed by atoms with Gasteiger partial charge in [0.15, 0.2) is 0 Å². The number of nitrogen functional groups attached to an aromatic ring is 1. The van der Waals surface area contributed by atoms with Crippen LogP contribution >= 0.6 is 0 Å². The Bertz CT molecular complexity index is 424. The Balaban J connectivity index is 2.00. The Morgan fingerprint density at radius 1 is 1.55 bits per heavy atom. The largest absolute Gasteiger partial charge is 0.384 e. The van der Waals surface area contributed by atoms with Crippen molar-refractivity contribution < 1.29 is 4.74 Å². The summed E-state index contributed by atoms with van der Waals surface area (Å²) < 4.78 is 5.96. The number of nitrogens with one attached hydrogen (secondary N) is 1. The van der Waals surface area contributed by atoms with E-state index in [0.29, 0.717) is 17.9 Å². The van der Waals surface area contributed by atoms with Gasteiger partial charge in [-0.15, -0.1) is 0 Å². The number of ether oxygens (including phenoxy) is 1. The lowest BCUT2D eigenvalue weighted by atomic mass is 10.0. The lowest BCUT2D eigenvalue weighted by Crippen LogP contribution is -2.53. The van der Waals surface area contributed by atoms with Gasteiger partial charge in [0.1, 0.15) is 5.82 Å². The second-order valence-electron chi connectivity index (χ2n) is 5.69. The van der Waals surface area contributed by atoms with E-state index < -0.39 is 0 Å². The van der Waals surface area contributed by atoms with Crippen LogP contribution in [0.4, 0.5) is 5.82 Å². The van der Waals surface area contributed by atoms with E-state index in [1.807, 2.05) is 19.2 Å². The first kappa shape index (κ1) is 15.2. The third-order valence-corrected chi connectivity index (χ3v) is 3.98. The molecular formula is C15H26N4O. The van der Waals surface area contributed by atoms with Crippen molar-refractivity contribution in [2.45, 2.75) is 38.5 Å². The monoisotopic (exact) mass is 278 g/mol. The van der Waals surface area contributed by atoms with Crippen LogP contribution < -0.4 is 11.1 Å². The van der Waals surface area contributed by atoms with Crippen LogP contribution in [0.5, 0.6) is 0 Å². The molecule has 0 bridgehead atoms. The summed E-state index contributed by atoms with van der Waals surface area (Å²) in [5.41, 5.74) is 6.94. The SMILES string of the molecule is CNC(Cc1ccnc(N)c1)C1CN(C(C)C)CCO1. The van der Waals surface area contributed by atoms with Gasteiger partial charge in [0.2, 0.25) is 0 Å². The second-order valence-corrected chi connectivity index (χ2v) is 5.69. The van der Waals surface area contributed by atoms with Crippen molar-refractivity contribution in [3.05, 3.63) is 23.9 Å². The number of hydrogen-bond donors (Lipinski definition) is 2. The molecule has 0 amide bonds. The zero-order valence-electron chi connectivity index (χ0n) is 12.7. The molecule has 20 heavy (non-hydrogen) atoms. The van der Waals surface area contributed by atoms with Crippen molar-refractivity contribution in [1.82, 2.24) is 15.2 Å². The number of nitrogens with zero attached hydrogens (tertiary/aromatic N) is 2. The maximum Gasteiger partial charge on any atom is 0.123 e. The molecule has 5 nitrogen and oxygen atoms in total. The van der Waals surface area contributed by atoms with Gasteiger partial charge in [-0.1, -0.05) is 0 Å². The van der Waals surface area contributed by atoms with Crippen molar-refractivity contribution in [2.24, 2.45) is 0 Å². The zero-order chi connectivity index (χ0) is 14.5. The first-order chi connectivity index (χ1) is 9.60. The summed E-state index contributed by atoms with van der Waals surface area (Å²) in [7, 11) is 1.99. The highest BCUT2D eigenvalue weighted by Gasteiger charge is 2.28. The Morgan fingerprint density at radius 2 is 2.35 bits per heavy atom. The molecule has 0 spiro atoms. The van der Waals surface area contributed by atoms with Crippen LogP contribution in [0.15, 0.2) is 18.3 Å². The van der Waals surface area contributed by atoms with Gasteiger partial charge in [0.25, 0.3) is 0 Å². The van der Waals surface area contributed by atoms with Gasteiger partial charge in [-0.2, -0.15) is 0 Å². The molecule has 2 atom stereocenters. The molecule has 0 saturated carbocycles. The van der Waals surface area contributed by atoms with Crippen molar-refractivity contribution >= 4 is 5.82 Å². The van der Waals surface area contributed by atoms with Gasteiger partial charge >= 0.3 is 0 Å². The predicted molar refractivity (Wildman–Crippen MR) is 81.7 cm³/mol. The average molecular weight is 278 g/mol. The van der Waals surface area contributed by atoms with Gasteiger partial charge < -0.3 is 15.8 Å². The van der Waals surface area contributed by atoms with Gasteiger partial charge in [0.05, 0.1) is 12.7 Å². The number of morpholine rings is 1. The highest BCUT2D eigenvalue weighted by Crippen LogP contribution is 2.15. The number of hydrogen-bond acceptors (Lipinski definition) is 5. The van der Waals surface area contributed by atoms with Crippen LogP contribution in [0.3, 0.4) is 0 Å². The van der Waals surface area contributed by atoms with Gasteiger partial charge in [-0.25, -0.2) is 4.98 Å². The molecule has 112 valence electrons. The number of nitrogens with two attached hydrogens (primary N) is 1. The Kier molecular flexibility index (Phi) is 5.34. The maximum absolute atomic E-state index is 5.96. The molecule has 1 aliphatic heterocycles. The van der Waals surface area contributed by atoms with Crippen molar-refractivity contribution in [1.29, 1.82) is 0 Å². The molecule has 1 aromatic rings. The number of anilines is 1. The molecule has 5 heteroatoms. The van der Waals surface area contributed by atoms with E-state index in [0.717, 1.165) is 26.1 Å². The normalized spacial score (nSPS) is 22.1. The topological polar surface area (TPSA) is 63.4 Å². The van der Waals surface area contributed by atoms with Gasteiger partial charge in [-0.05, 0) is 45.0 Å². The van der Waals surface area contributed by atoms with Crippen molar-refractivity contribution in [3.63, 3.8) is 0 Å². The minimum atomic E-state index is 0.213. The number of rotatable bonds is 5. The fourth-order valence-corrected chi connectivity index (χ4v) is 2.70. The van der Waals surface area contributed by atoms with Crippen molar-refractivity contribution in [3.8, 4) is 0 Å². The average Bonchev–Trinajstić information content (AvgIpc) is 2.45. The van der Waals surface area contributed by atoms with Crippen LogP contribution in [-0.2, 0) is 11.2 Å². The molecule has 0 aromatic carbocycles. The van der Waals surface area contributed by atoms with E-state index >= 15 is 0 Å². The van der Waals surface area contributed by atoms with Gasteiger partial charge in [-0.3, -0.25) is 4.90 Å². The fraction of sp³-hybridized carbons (Fsp3) is 0.667. The summed E-state index contributed by atoms with van der Waals surface area (Å²) >= 11 is 0. The molecule has 2 unspecified atom stereocenters. The van der Waals surface area contributed by atoms with Crippen LogP contribution in [0.1, 0.15) is 19.4 Å². The summed E-state index contributed by atoms with van der Waals surface area (Å²) in [6.45, 7) is 7.27. The lowest BCUT2D eigenvalue weighted by Gasteiger charge is -2.39. The number of aromatic nitrogens is 1. The summed E-state index contributed by atoms with van der Waals surface area (Å²) in [6, 6.07) is 4.81. The molecule has 1 aliphatic rings. The maximum atomic E-state index is 5.96. The van der Waals surface area contributed by atoms with Crippen LogP contribution in [-0.4, -0.2) is 54.8 Å². The number of pyridine rings is 1. The minimum absolute atomic E-state index is 0.213. The van der Waals surface area contributed by atoms with E-state index in [1.54, 1.807) is 6.20 Å². The third-order valence-electron chi connectivity index (χ3n) is 3.98. The third kappa shape index (κ3) is 3.91. The minimum Gasteiger partial charge on any atom is -0.384 e. The quantitative estimate of drug-likeness (QED) is 0.838. The highest BCUT2D eigenvalue weighted by atomic mass is 16.5. The molecule has 1 fully saturated rings. The van der Waals surface area contributed by atoms with E-state index in [4.69, 9.17) is 10.5 Å². The smallest absolute Gasteiger partial charge is 0.123 e. The van der Waals surface area contributed by atoms with E-state index in [9.17, 15) is 0 Å². The Morgan fingerprint density at radius 3 is 3.00 bits per heavy atom. The molecule has 3 N–H and O–H groups in total. The molecule has 1 saturated heterocycles. The molecule has 0 radical (unpaired) electrons. The first-order valence-electron chi connectivity index (χ1n) is 7.33. The zero-order valence-corrected chi connectivity index (χ0v) is 12.7. The Hall–Kier alpha value is -1.17. The molecule has 2 heterocycles. The van der Waals surface area contributed by atoms with Crippen LogP contribution in [0.25, 0.3) is 0 Å². The fourth-order valence-electron chi connectivity index (χ4n) is 2.70. The molecule has 0 aliphatic carbocycles. The first-order valence-corrected chi connectivity index (χ1v) is 7.33. The van der Waals surface area contributed by atoms with E-state index in [-0.39, 0.29) is 6.10 Å². The second kappa shape index (κ2) is 7.02. The Labute approximate surface area is 121 Å². The molecule has 1 aromatic heterocycles. The molecule has 2 rings (SSSR count).